The minimum atomic E-state index is 0.550. The Bertz CT molecular complexity index is 327. The molecule has 15 heavy (non-hydrogen) atoms. The van der Waals surface area contributed by atoms with E-state index in [1.807, 2.05) is 12.4 Å². The van der Waals surface area contributed by atoms with Crippen LogP contribution < -0.4 is 10.2 Å². The molecule has 2 heterocycles. The average molecular weight is 205 g/mol. The molecule has 1 aromatic heterocycles. The van der Waals surface area contributed by atoms with Crippen LogP contribution in [-0.4, -0.2) is 30.2 Å². The Labute approximate surface area is 91.5 Å². The molecule has 1 N–H and O–H groups in total. The lowest BCUT2D eigenvalue weighted by Crippen LogP contribution is -2.54. The van der Waals surface area contributed by atoms with Crippen molar-refractivity contribution >= 4 is 5.69 Å². The normalized spacial score (nSPS) is 26.7. The molecular formula is C12H19N3. The summed E-state index contributed by atoms with van der Waals surface area (Å²) in [5, 5.41) is 3.53. The first-order valence-corrected chi connectivity index (χ1v) is 5.58. The Balaban J connectivity index is 2.16. The Kier molecular flexibility index (Phi) is 2.91. The van der Waals surface area contributed by atoms with Crippen molar-refractivity contribution in [3.05, 3.63) is 24.0 Å². The quantitative estimate of drug-likeness (QED) is 0.754. The summed E-state index contributed by atoms with van der Waals surface area (Å²) in [7, 11) is 0. The number of aryl methyl sites for hydroxylation is 1. The van der Waals surface area contributed by atoms with Gasteiger partial charge in [-0.1, -0.05) is 0 Å². The van der Waals surface area contributed by atoms with E-state index in [0.717, 1.165) is 13.1 Å². The molecule has 82 valence electrons. The van der Waals surface area contributed by atoms with Gasteiger partial charge in [-0.3, -0.25) is 4.98 Å². The number of aromatic nitrogens is 1. The molecule has 0 aliphatic carbocycles. The summed E-state index contributed by atoms with van der Waals surface area (Å²) in [5.41, 5.74) is 2.47. The molecule has 3 heteroatoms. The third kappa shape index (κ3) is 2.48. The summed E-state index contributed by atoms with van der Waals surface area (Å²) < 4.78 is 0. The van der Waals surface area contributed by atoms with Crippen molar-refractivity contribution in [1.29, 1.82) is 0 Å². The number of nitrogens with one attached hydrogen (secondary N) is 1. The second-order valence-electron chi connectivity index (χ2n) is 4.59. The molecule has 0 amide bonds. The molecule has 0 bridgehead atoms. The largest absolute Gasteiger partial charge is 0.367 e. The van der Waals surface area contributed by atoms with Crippen molar-refractivity contribution in [1.82, 2.24) is 10.3 Å². The number of hydrogen-bond acceptors (Lipinski definition) is 3. The third-order valence-corrected chi connectivity index (χ3v) is 2.78. The van der Waals surface area contributed by atoms with Crippen LogP contribution in [0.15, 0.2) is 18.5 Å². The lowest BCUT2D eigenvalue weighted by Gasteiger charge is -2.37. The van der Waals surface area contributed by atoms with E-state index >= 15 is 0 Å². The van der Waals surface area contributed by atoms with Gasteiger partial charge in [-0.25, -0.2) is 0 Å². The number of pyridine rings is 1. The first kappa shape index (κ1) is 10.4. The van der Waals surface area contributed by atoms with Gasteiger partial charge in [0.1, 0.15) is 0 Å². The first-order chi connectivity index (χ1) is 7.15. The summed E-state index contributed by atoms with van der Waals surface area (Å²) >= 11 is 0. The van der Waals surface area contributed by atoms with E-state index in [4.69, 9.17) is 0 Å². The predicted molar refractivity (Wildman–Crippen MR) is 63.2 cm³/mol. The van der Waals surface area contributed by atoms with E-state index in [1.165, 1.54) is 11.3 Å². The second kappa shape index (κ2) is 4.19. The van der Waals surface area contributed by atoms with E-state index in [1.54, 1.807) is 0 Å². The SMILES string of the molecule is Cc1cncc(N2CC(C)NC(C)C2)c1. The van der Waals surface area contributed by atoms with Crippen LogP contribution in [0, 0.1) is 6.92 Å². The summed E-state index contributed by atoms with van der Waals surface area (Å²) in [6, 6.07) is 3.31. The Morgan fingerprint density at radius 1 is 1.27 bits per heavy atom. The van der Waals surface area contributed by atoms with E-state index < -0.39 is 0 Å². The highest BCUT2D eigenvalue weighted by molar-refractivity contribution is 5.46. The van der Waals surface area contributed by atoms with Gasteiger partial charge in [-0.15, -0.1) is 0 Å². The maximum Gasteiger partial charge on any atom is 0.0556 e. The number of nitrogens with zero attached hydrogens (tertiary/aromatic N) is 2. The third-order valence-electron chi connectivity index (χ3n) is 2.78. The zero-order valence-corrected chi connectivity index (χ0v) is 9.70. The van der Waals surface area contributed by atoms with Crippen LogP contribution in [0.3, 0.4) is 0 Å². The molecule has 3 nitrogen and oxygen atoms in total. The fourth-order valence-electron chi connectivity index (χ4n) is 2.25. The minimum absolute atomic E-state index is 0.550. The predicted octanol–water partition coefficient (Wildman–Crippen LogP) is 1.58. The molecule has 1 saturated heterocycles. The van der Waals surface area contributed by atoms with Crippen molar-refractivity contribution in [3.63, 3.8) is 0 Å². The van der Waals surface area contributed by atoms with E-state index in [2.05, 4.69) is 42.0 Å². The summed E-state index contributed by atoms with van der Waals surface area (Å²) in [6.07, 6.45) is 3.86. The Morgan fingerprint density at radius 3 is 2.53 bits per heavy atom. The lowest BCUT2D eigenvalue weighted by molar-refractivity contribution is 0.407. The van der Waals surface area contributed by atoms with Gasteiger partial charge in [-0.2, -0.15) is 0 Å². The zero-order valence-electron chi connectivity index (χ0n) is 9.70. The van der Waals surface area contributed by atoms with Gasteiger partial charge in [0.2, 0.25) is 0 Å². The minimum Gasteiger partial charge on any atom is -0.367 e. The van der Waals surface area contributed by atoms with Gasteiger partial charge in [0.05, 0.1) is 11.9 Å². The van der Waals surface area contributed by atoms with Crippen LogP contribution in [0.4, 0.5) is 5.69 Å². The summed E-state index contributed by atoms with van der Waals surface area (Å²) in [5.74, 6) is 0. The molecular weight excluding hydrogens is 186 g/mol. The molecule has 1 aliphatic heterocycles. The van der Waals surface area contributed by atoms with Crippen LogP contribution in [0.1, 0.15) is 19.4 Å². The lowest BCUT2D eigenvalue weighted by atomic mass is 10.1. The molecule has 0 saturated carbocycles. The van der Waals surface area contributed by atoms with Gasteiger partial charge in [0.25, 0.3) is 0 Å². The topological polar surface area (TPSA) is 28.2 Å². The molecule has 2 unspecified atom stereocenters. The Morgan fingerprint density at radius 2 is 1.93 bits per heavy atom. The monoisotopic (exact) mass is 205 g/mol. The first-order valence-electron chi connectivity index (χ1n) is 5.58. The van der Waals surface area contributed by atoms with Crippen molar-refractivity contribution in [2.45, 2.75) is 32.9 Å². The van der Waals surface area contributed by atoms with E-state index in [0.29, 0.717) is 12.1 Å². The van der Waals surface area contributed by atoms with Crippen LogP contribution in [0.5, 0.6) is 0 Å². The van der Waals surface area contributed by atoms with Crippen molar-refractivity contribution in [3.8, 4) is 0 Å². The van der Waals surface area contributed by atoms with Crippen molar-refractivity contribution < 1.29 is 0 Å². The van der Waals surface area contributed by atoms with Gasteiger partial charge in [-0.05, 0) is 32.4 Å². The molecule has 2 rings (SSSR count). The zero-order chi connectivity index (χ0) is 10.8. The standard InChI is InChI=1S/C12H19N3/c1-9-4-12(6-13-5-9)15-7-10(2)14-11(3)8-15/h4-6,10-11,14H,7-8H2,1-3H3. The van der Waals surface area contributed by atoms with Gasteiger partial charge < -0.3 is 10.2 Å². The summed E-state index contributed by atoms with van der Waals surface area (Å²) in [4.78, 5) is 6.66. The van der Waals surface area contributed by atoms with Crippen LogP contribution in [-0.2, 0) is 0 Å². The summed E-state index contributed by atoms with van der Waals surface area (Å²) in [6.45, 7) is 8.67. The Hall–Kier alpha value is -1.09. The molecule has 1 aliphatic rings. The van der Waals surface area contributed by atoms with E-state index in [9.17, 15) is 0 Å². The van der Waals surface area contributed by atoms with Crippen LogP contribution >= 0.6 is 0 Å². The fourth-order valence-corrected chi connectivity index (χ4v) is 2.25. The fraction of sp³-hybridized carbons (Fsp3) is 0.583. The number of anilines is 1. The highest BCUT2D eigenvalue weighted by Gasteiger charge is 2.20. The molecule has 0 spiro atoms. The van der Waals surface area contributed by atoms with Crippen molar-refractivity contribution in [2.24, 2.45) is 0 Å². The van der Waals surface area contributed by atoms with Crippen molar-refractivity contribution in [2.75, 3.05) is 18.0 Å². The molecule has 2 atom stereocenters. The highest BCUT2D eigenvalue weighted by atomic mass is 15.2. The van der Waals surface area contributed by atoms with E-state index in [-0.39, 0.29) is 0 Å². The molecule has 1 fully saturated rings. The van der Waals surface area contributed by atoms with Gasteiger partial charge >= 0.3 is 0 Å². The number of hydrogen-bond donors (Lipinski definition) is 1. The number of rotatable bonds is 1. The maximum atomic E-state index is 4.25. The van der Waals surface area contributed by atoms with Gasteiger partial charge in [0.15, 0.2) is 0 Å². The highest BCUT2D eigenvalue weighted by Crippen LogP contribution is 2.17. The number of piperazine rings is 1. The second-order valence-corrected chi connectivity index (χ2v) is 4.59. The average Bonchev–Trinajstić information content (AvgIpc) is 2.16. The molecule has 1 aromatic rings. The van der Waals surface area contributed by atoms with Crippen LogP contribution in [0.2, 0.25) is 0 Å². The molecule has 0 aromatic carbocycles. The smallest absolute Gasteiger partial charge is 0.0556 e. The van der Waals surface area contributed by atoms with Crippen LogP contribution in [0.25, 0.3) is 0 Å². The maximum absolute atomic E-state index is 4.25. The van der Waals surface area contributed by atoms with Gasteiger partial charge in [0, 0.05) is 31.4 Å². The molecule has 0 radical (unpaired) electrons.